The molecule has 0 saturated heterocycles. The van der Waals surface area contributed by atoms with Crippen molar-refractivity contribution in [1.29, 1.82) is 0 Å². The van der Waals surface area contributed by atoms with Gasteiger partial charge in [-0.3, -0.25) is 0 Å². The van der Waals surface area contributed by atoms with Gasteiger partial charge in [-0.25, -0.2) is 0 Å². The Morgan fingerprint density at radius 3 is 1.89 bits per heavy atom. The van der Waals surface area contributed by atoms with Crippen LogP contribution in [0.25, 0.3) is 0 Å². The van der Waals surface area contributed by atoms with Crippen molar-refractivity contribution < 1.29 is 5.11 Å². The van der Waals surface area contributed by atoms with Crippen LogP contribution in [0.3, 0.4) is 0 Å². The molecule has 0 aliphatic heterocycles. The van der Waals surface area contributed by atoms with Gasteiger partial charge in [0.15, 0.2) is 0 Å². The number of halogens is 1. The molecule has 0 unspecified atom stereocenters. The first-order valence-corrected chi connectivity index (χ1v) is 4.27. The Kier molecular flexibility index (Phi) is 4.50. The molecule has 0 bridgehead atoms. The average molecular weight is 195 g/mol. The molecule has 0 fully saturated rings. The molecular formula is C7H15BrO. The van der Waals surface area contributed by atoms with Crippen LogP contribution in [0.2, 0.25) is 0 Å². The van der Waals surface area contributed by atoms with E-state index in [-0.39, 0.29) is 10.9 Å². The summed E-state index contributed by atoms with van der Waals surface area (Å²) in [5.41, 5.74) is 0. The van der Waals surface area contributed by atoms with Crippen LogP contribution >= 0.6 is 15.9 Å². The van der Waals surface area contributed by atoms with Crippen molar-refractivity contribution in [2.45, 2.75) is 37.4 Å². The average Bonchev–Trinajstić information content (AvgIpc) is 1.89. The van der Waals surface area contributed by atoms with Gasteiger partial charge in [-0.2, -0.15) is 0 Å². The van der Waals surface area contributed by atoms with E-state index in [4.69, 9.17) is 5.11 Å². The number of aliphatic hydroxyl groups excluding tert-OH is 1. The molecule has 0 aliphatic carbocycles. The van der Waals surface area contributed by atoms with Crippen LogP contribution in [0, 0.1) is 0 Å². The predicted molar refractivity (Wildman–Crippen MR) is 43.9 cm³/mol. The van der Waals surface area contributed by atoms with E-state index < -0.39 is 0 Å². The van der Waals surface area contributed by atoms with Gasteiger partial charge in [-0.15, -0.1) is 0 Å². The van der Waals surface area contributed by atoms with Gasteiger partial charge >= 0.3 is 0 Å². The van der Waals surface area contributed by atoms with Crippen LogP contribution in [0.5, 0.6) is 0 Å². The molecule has 0 heterocycles. The van der Waals surface area contributed by atoms with Crippen LogP contribution in [-0.2, 0) is 0 Å². The van der Waals surface area contributed by atoms with Crippen molar-refractivity contribution in [3.63, 3.8) is 0 Å². The summed E-state index contributed by atoms with van der Waals surface area (Å²) in [5, 5.41) is 8.63. The molecule has 0 aliphatic rings. The fourth-order valence-electron chi connectivity index (χ4n) is 0.804. The van der Waals surface area contributed by atoms with E-state index >= 15 is 0 Å². The zero-order valence-electron chi connectivity index (χ0n) is 6.15. The Morgan fingerprint density at radius 1 is 1.33 bits per heavy atom. The summed E-state index contributed by atoms with van der Waals surface area (Å²) >= 11 is 3.58. The van der Waals surface area contributed by atoms with Crippen LogP contribution in [0.15, 0.2) is 0 Å². The van der Waals surface area contributed by atoms with Gasteiger partial charge in [0.2, 0.25) is 0 Å². The van der Waals surface area contributed by atoms with E-state index in [1.807, 2.05) is 0 Å². The molecule has 2 heteroatoms. The van der Waals surface area contributed by atoms with Gasteiger partial charge in [0.25, 0.3) is 0 Å². The first-order valence-electron chi connectivity index (χ1n) is 3.48. The number of alkyl halides is 1. The minimum absolute atomic E-state index is 0.196. The molecule has 0 aromatic heterocycles. The number of hydrogen-bond donors (Lipinski definition) is 1. The topological polar surface area (TPSA) is 20.2 Å². The molecular weight excluding hydrogens is 180 g/mol. The van der Waals surface area contributed by atoms with Gasteiger partial charge in [-0.05, 0) is 19.3 Å². The fourth-order valence-corrected chi connectivity index (χ4v) is 0.981. The lowest BCUT2D eigenvalue weighted by Gasteiger charge is -2.22. The molecule has 0 aromatic carbocycles. The van der Waals surface area contributed by atoms with Gasteiger partial charge < -0.3 is 5.11 Å². The van der Waals surface area contributed by atoms with Crippen molar-refractivity contribution in [2.24, 2.45) is 0 Å². The molecule has 0 rings (SSSR count). The Labute approximate surface area is 65.6 Å². The molecule has 1 N–H and O–H groups in total. The first kappa shape index (κ1) is 9.44. The molecule has 9 heavy (non-hydrogen) atoms. The molecule has 0 radical (unpaired) electrons. The van der Waals surface area contributed by atoms with E-state index in [0.717, 1.165) is 19.3 Å². The summed E-state index contributed by atoms with van der Waals surface area (Å²) in [7, 11) is 0. The molecule has 0 atom stereocenters. The highest BCUT2D eigenvalue weighted by atomic mass is 79.9. The molecule has 0 aromatic rings. The summed E-state index contributed by atoms with van der Waals surface area (Å²) in [6.45, 7) is 4.55. The van der Waals surface area contributed by atoms with Crippen LogP contribution in [-0.4, -0.2) is 16.0 Å². The molecule has 0 spiro atoms. The second-order valence-electron chi connectivity index (χ2n) is 2.33. The third-order valence-corrected chi connectivity index (χ3v) is 3.35. The number of aliphatic hydroxyl groups is 1. The van der Waals surface area contributed by atoms with E-state index in [0.29, 0.717) is 0 Å². The second-order valence-corrected chi connectivity index (χ2v) is 4.01. The molecule has 1 nitrogen and oxygen atoms in total. The fraction of sp³-hybridized carbons (Fsp3) is 1.00. The standard InChI is InChI=1S/C7H15BrO/c1-3-7(8,4-2)5-6-9/h9H,3-6H2,1-2H3. The number of hydrogen-bond acceptors (Lipinski definition) is 1. The molecule has 56 valence electrons. The van der Waals surface area contributed by atoms with Crippen molar-refractivity contribution in [2.75, 3.05) is 6.61 Å². The SMILES string of the molecule is CCC(Br)(CC)CCO. The largest absolute Gasteiger partial charge is 0.396 e. The Hall–Kier alpha value is 0.440. The quantitative estimate of drug-likeness (QED) is 0.682. The summed E-state index contributed by atoms with van der Waals surface area (Å²) in [6, 6.07) is 0. The van der Waals surface area contributed by atoms with E-state index in [2.05, 4.69) is 29.8 Å². The third kappa shape index (κ3) is 3.21. The summed E-state index contributed by atoms with van der Waals surface area (Å²) in [4.78, 5) is 0. The van der Waals surface area contributed by atoms with Crippen molar-refractivity contribution in [1.82, 2.24) is 0 Å². The summed E-state index contributed by atoms with van der Waals surface area (Å²) in [5.74, 6) is 0. The lowest BCUT2D eigenvalue weighted by Crippen LogP contribution is -2.19. The van der Waals surface area contributed by atoms with Crippen LogP contribution < -0.4 is 0 Å². The van der Waals surface area contributed by atoms with E-state index in [1.165, 1.54) is 0 Å². The third-order valence-electron chi connectivity index (χ3n) is 1.83. The molecule has 0 amide bonds. The zero-order valence-corrected chi connectivity index (χ0v) is 7.74. The summed E-state index contributed by atoms with van der Waals surface area (Å²) in [6.07, 6.45) is 3.04. The maximum atomic E-state index is 8.63. The molecule has 0 saturated carbocycles. The number of rotatable bonds is 4. The van der Waals surface area contributed by atoms with E-state index in [1.54, 1.807) is 0 Å². The normalized spacial score (nSPS) is 12.0. The minimum Gasteiger partial charge on any atom is -0.396 e. The first-order chi connectivity index (χ1) is 4.18. The lowest BCUT2D eigenvalue weighted by atomic mass is 10.00. The van der Waals surface area contributed by atoms with Crippen LogP contribution in [0.4, 0.5) is 0 Å². The van der Waals surface area contributed by atoms with Crippen molar-refractivity contribution in [3.05, 3.63) is 0 Å². The minimum atomic E-state index is 0.196. The van der Waals surface area contributed by atoms with Gasteiger partial charge in [0.1, 0.15) is 0 Å². The predicted octanol–water partition coefficient (Wildman–Crippen LogP) is 2.32. The zero-order chi connectivity index (χ0) is 7.33. The lowest BCUT2D eigenvalue weighted by molar-refractivity contribution is 0.265. The Bertz CT molecular complexity index is 69.3. The van der Waals surface area contributed by atoms with Gasteiger partial charge in [0, 0.05) is 10.9 Å². The highest BCUT2D eigenvalue weighted by molar-refractivity contribution is 9.10. The van der Waals surface area contributed by atoms with Crippen LogP contribution in [0.1, 0.15) is 33.1 Å². The maximum Gasteiger partial charge on any atom is 0.0444 e. The second kappa shape index (κ2) is 4.29. The monoisotopic (exact) mass is 194 g/mol. The smallest absolute Gasteiger partial charge is 0.0444 e. The summed E-state index contributed by atoms with van der Waals surface area (Å²) < 4.78 is 0.196. The highest BCUT2D eigenvalue weighted by Gasteiger charge is 2.20. The van der Waals surface area contributed by atoms with Gasteiger partial charge in [0.05, 0.1) is 0 Å². The van der Waals surface area contributed by atoms with Crippen molar-refractivity contribution >= 4 is 15.9 Å². The Balaban J connectivity index is 3.62. The maximum absolute atomic E-state index is 8.63. The van der Waals surface area contributed by atoms with E-state index in [9.17, 15) is 0 Å². The van der Waals surface area contributed by atoms with Crippen molar-refractivity contribution in [3.8, 4) is 0 Å². The van der Waals surface area contributed by atoms with Gasteiger partial charge in [-0.1, -0.05) is 29.8 Å². The Morgan fingerprint density at radius 2 is 1.78 bits per heavy atom. The highest BCUT2D eigenvalue weighted by Crippen LogP contribution is 2.29.